The first kappa shape index (κ1) is 21.9. The van der Waals surface area contributed by atoms with Crippen LogP contribution in [-0.4, -0.2) is 56.7 Å². The van der Waals surface area contributed by atoms with Crippen LogP contribution in [0.5, 0.6) is 0 Å². The number of esters is 1. The molecule has 0 bridgehead atoms. The third kappa shape index (κ3) is 4.62. The second kappa shape index (κ2) is 9.44. The van der Waals surface area contributed by atoms with Gasteiger partial charge in [0.15, 0.2) is 0 Å². The predicted octanol–water partition coefficient (Wildman–Crippen LogP) is 2.91. The smallest absolute Gasteiger partial charge is 0.338 e. The summed E-state index contributed by atoms with van der Waals surface area (Å²) in [5, 5.41) is 5.75. The van der Waals surface area contributed by atoms with Crippen molar-refractivity contribution < 1.29 is 14.3 Å². The Morgan fingerprint density at radius 3 is 2.38 bits per heavy atom. The molecule has 7 heteroatoms. The summed E-state index contributed by atoms with van der Waals surface area (Å²) >= 11 is 0. The molecule has 1 atom stereocenters. The van der Waals surface area contributed by atoms with Crippen LogP contribution in [-0.2, 0) is 9.53 Å². The molecule has 2 N–H and O–H groups in total. The number of anilines is 1. The van der Waals surface area contributed by atoms with E-state index in [1.807, 2.05) is 31.2 Å². The van der Waals surface area contributed by atoms with E-state index in [1.54, 1.807) is 0 Å². The zero-order valence-corrected chi connectivity index (χ0v) is 18.9. The fourth-order valence-corrected chi connectivity index (χ4v) is 4.39. The molecule has 7 nitrogen and oxygen atoms in total. The van der Waals surface area contributed by atoms with Crippen LogP contribution in [0.2, 0.25) is 0 Å². The van der Waals surface area contributed by atoms with Crippen LogP contribution in [0.1, 0.15) is 22.7 Å². The minimum Gasteiger partial charge on any atom is -0.466 e. The number of rotatable bonds is 5. The van der Waals surface area contributed by atoms with E-state index in [0.29, 0.717) is 17.8 Å². The SMILES string of the molecule is COC(=O)C1=C(CN2CCN(c3ccccc3C)CC2)NC(=O)N[C@H]1c1ccc(C)cc1. The highest BCUT2D eigenvalue weighted by atomic mass is 16.5. The van der Waals surface area contributed by atoms with Crippen molar-refractivity contribution in [2.75, 3.05) is 44.7 Å². The van der Waals surface area contributed by atoms with Crippen LogP contribution >= 0.6 is 0 Å². The van der Waals surface area contributed by atoms with Crippen LogP contribution in [0.3, 0.4) is 0 Å². The minimum atomic E-state index is -0.542. The Bertz CT molecular complexity index is 1020. The number of carbonyl (C=O) groups excluding carboxylic acids is 2. The third-order valence-corrected chi connectivity index (χ3v) is 6.18. The lowest BCUT2D eigenvalue weighted by Crippen LogP contribution is -2.51. The van der Waals surface area contributed by atoms with Crippen molar-refractivity contribution in [3.63, 3.8) is 0 Å². The highest BCUT2D eigenvalue weighted by molar-refractivity contribution is 5.95. The van der Waals surface area contributed by atoms with E-state index in [-0.39, 0.29) is 6.03 Å². The van der Waals surface area contributed by atoms with Gasteiger partial charge in [0, 0.05) is 44.1 Å². The molecule has 0 unspecified atom stereocenters. The van der Waals surface area contributed by atoms with Gasteiger partial charge < -0.3 is 20.3 Å². The van der Waals surface area contributed by atoms with Gasteiger partial charge in [0.05, 0.1) is 18.7 Å². The van der Waals surface area contributed by atoms with Gasteiger partial charge in [0.2, 0.25) is 0 Å². The summed E-state index contributed by atoms with van der Waals surface area (Å²) in [5.41, 5.74) is 5.56. The highest BCUT2D eigenvalue weighted by Crippen LogP contribution is 2.29. The Morgan fingerprint density at radius 1 is 1.03 bits per heavy atom. The number of aryl methyl sites for hydroxylation is 2. The average Bonchev–Trinajstić information content (AvgIpc) is 2.80. The fraction of sp³-hybridized carbons (Fsp3) is 0.360. The quantitative estimate of drug-likeness (QED) is 0.708. The minimum absolute atomic E-state index is 0.309. The van der Waals surface area contributed by atoms with Gasteiger partial charge in [-0.1, -0.05) is 48.0 Å². The molecule has 4 rings (SSSR count). The second-order valence-corrected chi connectivity index (χ2v) is 8.38. The van der Waals surface area contributed by atoms with Crippen LogP contribution in [0.25, 0.3) is 0 Å². The molecule has 2 aromatic carbocycles. The van der Waals surface area contributed by atoms with Gasteiger partial charge in [0.1, 0.15) is 0 Å². The Morgan fingerprint density at radius 2 is 1.72 bits per heavy atom. The predicted molar refractivity (Wildman–Crippen MR) is 124 cm³/mol. The van der Waals surface area contributed by atoms with E-state index >= 15 is 0 Å². The Hall–Kier alpha value is -3.32. The monoisotopic (exact) mass is 434 g/mol. The van der Waals surface area contributed by atoms with Crippen molar-refractivity contribution in [1.29, 1.82) is 0 Å². The molecule has 2 aromatic rings. The molecule has 0 saturated carbocycles. The van der Waals surface area contributed by atoms with Crippen molar-refractivity contribution in [3.05, 3.63) is 76.5 Å². The Balaban J connectivity index is 1.55. The van der Waals surface area contributed by atoms with Crippen molar-refractivity contribution in [2.24, 2.45) is 0 Å². The van der Waals surface area contributed by atoms with Crippen LogP contribution in [0.4, 0.5) is 10.5 Å². The summed E-state index contributed by atoms with van der Waals surface area (Å²) in [6.45, 7) is 8.07. The normalized spacial score (nSPS) is 19.4. The first-order valence-electron chi connectivity index (χ1n) is 10.9. The molecule has 168 valence electrons. The Kier molecular flexibility index (Phi) is 6.46. The van der Waals surface area contributed by atoms with Gasteiger partial charge in [-0.3, -0.25) is 4.90 Å². The standard InChI is InChI=1S/C25H30N4O3/c1-17-8-10-19(11-9-17)23-22(24(30)32-3)20(26-25(31)27-23)16-28-12-14-29(15-13-28)21-7-5-4-6-18(21)2/h4-11,23H,12-16H2,1-3H3,(H2,26,27,31)/t23-/m0/s1. The van der Waals surface area contributed by atoms with Gasteiger partial charge >= 0.3 is 12.0 Å². The number of carbonyl (C=O) groups is 2. The van der Waals surface area contributed by atoms with Crippen LogP contribution in [0.15, 0.2) is 59.8 Å². The number of benzene rings is 2. The van der Waals surface area contributed by atoms with Crippen LogP contribution < -0.4 is 15.5 Å². The zero-order chi connectivity index (χ0) is 22.7. The first-order chi connectivity index (χ1) is 15.5. The topological polar surface area (TPSA) is 73.9 Å². The van der Waals surface area contributed by atoms with E-state index in [2.05, 4.69) is 51.6 Å². The summed E-state index contributed by atoms with van der Waals surface area (Å²) in [5.74, 6) is -0.434. The van der Waals surface area contributed by atoms with Crippen molar-refractivity contribution in [1.82, 2.24) is 15.5 Å². The lowest BCUT2D eigenvalue weighted by atomic mass is 9.94. The van der Waals surface area contributed by atoms with Crippen LogP contribution in [0, 0.1) is 13.8 Å². The van der Waals surface area contributed by atoms with E-state index in [4.69, 9.17) is 4.74 Å². The molecule has 2 amide bonds. The van der Waals surface area contributed by atoms with Gasteiger partial charge in [-0.25, -0.2) is 9.59 Å². The third-order valence-electron chi connectivity index (χ3n) is 6.18. The molecule has 0 aromatic heterocycles. The molecule has 1 saturated heterocycles. The number of amides is 2. The summed E-state index contributed by atoms with van der Waals surface area (Å²) in [6, 6.07) is 15.4. The van der Waals surface area contributed by atoms with Crippen molar-refractivity contribution in [2.45, 2.75) is 19.9 Å². The van der Waals surface area contributed by atoms with Gasteiger partial charge in [-0.2, -0.15) is 0 Å². The number of urea groups is 1. The number of ether oxygens (including phenoxy) is 1. The number of hydrogen-bond acceptors (Lipinski definition) is 5. The zero-order valence-electron chi connectivity index (χ0n) is 18.9. The maximum atomic E-state index is 12.8. The Labute approximate surface area is 189 Å². The van der Waals surface area contributed by atoms with E-state index in [9.17, 15) is 9.59 Å². The molecular formula is C25H30N4O3. The fourth-order valence-electron chi connectivity index (χ4n) is 4.39. The van der Waals surface area contributed by atoms with Crippen molar-refractivity contribution in [3.8, 4) is 0 Å². The van der Waals surface area contributed by atoms with Gasteiger partial charge in [-0.05, 0) is 31.0 Å². The second-order valence-electron chi connectivity index (χ2n) is 8.38. The molecule has 0 aliphatic carbocycles. The summed E-state index contributed by atoms with van der Waals surface area (Å²) in [4.78, 5) is 29.9. The number of nitrogens with one attached hydrogen (secondary N) is 2. The van der Waals surface area contributed by atoms with E-state index in [0.717, 1.165) is 37.3 Å². The maximum absolute atomic E-state index is 12.8. The molecule has 2 aliphatic rings. The molecule has 32 heavy (non-hydrogen) atoms. The van der Waals surface area contributed by atoms with Gasteiger partial charge in [-0.15, -0.1) is 0 Å². The summed E-state index contributed by atoms with van der Waals surface area (Å²) in [6.07, 6.45) is 0. The number of hydrogen-bond donors (Lipinski definition) is 2. The maximum Gasteiger partial charge on any atom is 0.338 e. The number of piperazine rings is 1. The molecular weight excluding hydrogens is 404 g/mol. The molecule has 1 fully saturated rings. The summed E-state index contributed by atoms with van der Waals surface area (Å²) < 4.78 is 5.09. The lowest BCUT2D eigenvalue weighted by Gasteiger charge is -2.38. The van der Waals surface area contributed by atoms with Crippen molar-refractivity contribution >= 4 is 17.7 Å². The average molecular weight is 435 g/mol. The van der Waals surface area contributed by atoms with E-state index < -0.39 is 12.0 Å². The molecule has 0 spiro atoms. The molecule has 2 heterocycles. The molecule has 0 radical (unpaired) electrons. The largest absolute Gasteiger partial charge is 0.466 e. The van der Waals surface area contributed by atoms with Gasteiger partial charge in [0.25, 0.3) is 0 Å². The molecule has 2 aliphatic heterocycles. The van der Waals surface area contributed by atoms with E-state index in [1.165, 1.54) is 18.4 Å². The number of methoxy groups -OCH3 is 1. The first-order valence-corrected chi connectivity index (χ1v) is 10.9. The highest BCUT2D eigenvalue weighted by Gasteiger charge is 2.34. The number of para-hydroxylation sites is 1. The summed E-state index contributed by atoms with van der Waals surface area (Å²) in [7, 11) is 1.37. The number of nitrogens with zero attached hydrogens (tertiary/aromatic N) is 2. The lowest BCUT2D eigenvalue weighted by molar-refractivity contribution is -0.136.